The average Bonchev–Trinajstić information content (AvgIpc) is 2.71. The van der Waals surface area contributed by atoms with E-state index >= 15 is 0 Å². The van der Waals surface area contributed by atoms with Gasteiger partial charge in [-0.15, -0.1) is 0 Å². The molecule has 1 rings (SSSR count). The van der Waals surface area contributed by atoms with Crippen molar-refractivity contribution in [3.8, 4) is 5.75 Å². The summed E-state index contributed by atoms with van der Waals surface area (Å²) in [5.41, 5.74) is 7.95. The third-order valence-electron chi connectivity index (χ3n) is 4.50. The first-order chi connectivity index (χ1) is 14.3. The summed E-state index contributed by atoms with van der Waals surface area (Å²) < 4.78 is 6.01. The lowest BCUT2D eigenvalue weighted by Gasteiger charge is -2.20. The number of nitrogens with zero attached hydrogens (tertiary/aromatic N) is 1. The van der Waals surface area contributed by atoms with Crippen LogP contribution in [0.15, 0.2) is 30.4 Å². The fraction of sp³-hybridized carbons (Fsp3) is 0.565. The van der Waals surface area contributed by atoms with Crippen LogP contribution >= 0.6 is 0 Å². The number of nitrogen functional groups attached to an aromatic ring is 1. The predicted octanol–water partition coefficient (Wildman–Crippen LogP) is 4.56. The molecule has 0 aliphatic carbocycles. The summed E-state index contributed by atoms with van der Waals surface area (Å²) in [4.78, 5) is 21.5. The maximum atomic E-state index is 9.55. The number of benzene rings is 1. The van der Waals surface area contributed by atoms with Crippen molar-refractivity contribution >= 4 is 17.6 Å². The van der Waals surface area contributed by atoms with Gasteiger partial charge in [-0.3, -0.25) is 4.90 Å². The molecule has 0 spiro atoms. The second-order valence-corrected chi connectivity index (χ2v) is 6.95. The number of carboxylic acids is 2. The molecule has 0 heterocycles. The van der Waals surface area contributed by atoms with Crippen LogP contribution in [0.5, 0.6) is 5.75 Å². The van der Waals surface area contributed by atoms with Crippen molar-refractivity contribution in [3.05, 3.63) is 35.9 Å². The zero-order valence-electron chi connectivity index (χ0n) is 18.6. The number of ether oxygens (including phenoxy) is 1. The Bertz CT molecular complexity index is 626. The first-order valence-electron chi connectivity index (χ1n) is 10.7. The SMILES string of the molecule is CCCCCCCCOc1ccc(N)cc1CN(CC)CC.O=C(O)/C=C/C(=O)O. The zero-order valence-corrected chi connectivity index (χ0v) is 18.6. The second kappa shape index (κ2) is 17.3. The van der Waals surface area contributed by atoms with Gasteiger partial charge in [-0.2, -0.15) is 0 Å². The quantitative estimate of drug-likeness (QED) is 0.229. The predicted molar refractivity (Wildman–Crippen MR) is 121 cm³/mol. The molecular weight excluding hydrogens is 384 g/mol. The highest BCUT2D eigenvalue weighted by molar-refractivity contribution is 5.89. The Hall–Kier alpha value is -2.54. The Kier molecular flexibility index (Phi) is 15.9. The number of carboxylic acid groups (broad SMARTS) is 2. The molecule has 1 aromatic rings. The molecule has 7 heteroatoms. The Morgan fingerprint density at radius 1 is 0.967 bits per heavy atom. The van der Waals surface area contributed by atoms with Gasteiger partial charge < -0.3 is 20.7 Å². The first-order valence-corrected chi connectivity index (χ1v) is 10.7. The molecule has 0 saturated heterocycles. The molecule has 0 saturated carbocycles. The van der Waals surface area contributed by atoms with Crippen LogP contribution in [0.25, 0.3) is 0 Å². The normalized spacial score (nSPS) is 10.7. The number of carbonyl (C=O) groups is 2. The van der Waals surface area contributed by atoms with Crippen LogP contribution in [0, 0.1) is 0 Å². The van der Waals surface area contributed by atoms with Crippen molar-refractivity contribution in [2.24, 2.45) is 0 Å². The molecular formula is C23H38N2O5. The Labute approximate surface area is 180 Å². The van der Waals surface area contributed by atoms with E-state index in [-0.39, 0.29) is 0 Å². The van der Waals surface area contributed by atoms with E-state index in [9.17, 15) is 9.59 Å². The zero-order chi connectivity index (χ0) is 22.8. The summed E-state index contributed by atoms with van der Waals surface area (Å²) in [6.45, 7) is 10.4. The molecule has 1 aromatic carbocycles. The van der Waals surface area contributed by atoms with Gasteiger partial charge >= 0.3 is 11.9 Å². The molecule has 4 N–H and O–H groups in total. The minimum atomic E-state index is -1.26. The Balaban J connectivity index is 0.000000890. The van der Waals surface area contributed by atoms with Gasteiger partial charge in [0.05, 0.1) is 6.61 Å². The summed E-state index contributed by atoms with van der Waals surface area (Å²) in [5, 5.41) is 15.6. The monoisotopic (exact) mass is 422 g/mol. The lowest BCUT2D eigenvalue weighted by molar-refractivity contribution is -0.134. The van der Waals surface area contributed by atoms with E-state index in [1.807, 2.05) is 12.1 Å². The fourth-order valence-corrected chi connectivity index (χ4v) is 2.76. The summed E-state index contributed by atoms with van der Waals surface area (Å²) in [7, 11) is 0. The molecule has 0 fully saturated rings. The molecule has 170 valence electrons. The van der Waals surface area contributed by atoms with Crippen molar-refractivity contribution in [2.45, 2.75) is 65.8 Å². The number of hydrogen-bond acceptors (Lipinski definition) is 5. The lowest BCUT2D eigenvalue weighted by atomic mass is 10.1. The van der Waals surface area contributed by atoms with Crippen LogP contribution in [0.4, 0.5) is 5.69 Å². The van der Waals surface area contributed by atoms with Crippen molar-refractivity contribution < 1.29 is 24.5 Å². The van der Waals surface area contributed by atoms with E-state index in [2.05, 4.69) is 31.7 Å². The summed E-state index contributed by atoms with van der Waals surface area (Å²) in [6.07, 6.45) is 8.85. The van der Waals surface area contributed by atoms with Crippen molar-refractivity contribution in [1.82, 2.24) is 4.90 Å². The minimum absolute atomic E-state index is 0.558. The molecule has 0 radical (unpaired) electrons. The van der Waals surface area contributed by atoms with E-state index in [0.29, 0.717) is 12.2 Å². The number of unbranched alkanes of at least 4 members (excludes halogenated alkanes) is 5. The van der Waals surface area contributed by atoms with Gasteiger partial charge in [0.2, 0.25) is 0 Å². The van der Waals surface area contributed by atoms with Gasteiger partial charge in [-0.25, -0.2) is 9.59 Å². The van der Waals surface area contributed by atoms with E-state index in [0.717, 1.165) is 44.1 Å². The third-order valence-corrected chi connectivity index (χ3v) is 4.50. The summed E-state index contributed by atoms with van der Waals surface area (Å²) >= 11 is 0. The standard InChI is InChI=1S/C19H34N2O.C4H4O4/c1-4-7-8-9-10-11-14-22-19-13-12-18(20)15-17(19)16-21(5-2)6-3;5-3(6)1-2-4(7)8/h12-13,15H,4-11,14,16,20H2,1-3H3;1-2H,(H,5,6)(H,7,8)/b;2-1+. The molecule has 0 unspecified atom stereocenters. The molecule has 0 bridgehead atoms. The largest absolute Gasteiger partial charge is 0.493 e. The van der Waals surface area contributed by atoms with E-state index in [1.165, 1.54) is 37.7 Å². The topological polar surface area (TPSA) is 113 Å². The number of nitrogens with two attached hydrogens (primary N) is 1. The van der Waals surface area contributed by atoms with Crippen molar-refractivity contribution in [2.75, 3.05) is 25.4 Å². The molecule has 30 heavy (non-hydrogen) atoms. The van der Waals surface area contributed by atoms with Crippen molar-refractivity contribution in [1.29, 1.82) is 0 Å². The maximum absolute atomic E-state index is 9.55. The van der Waals surface area contributed by atoms with Crippen LogP contribution in [0.3, 0.4) is 0 Å². The van der Waals surface area contributed by atoms with Gasteiger partial charge in [0.25, 0.3) is 0 Å². The van der Waals surface area contributed by atoms with Crippen LogP contribution in [0.1, 0.15) is 64.9 Å². The highest BCUT2D eigenvalue weighted by atomic mass is 16.5. The smallest absolute Gasteiger partial charge is 0.328 e. The van der Waals surface area contributed by atoms with Gasteiger partial charge in [0.1, 0.15) is 5.75 Å². The highest BCUT2D eigenvalue weighted by Gasteiger charge is 2.08. The molecule has 0 aliphatic heterocycles. The number of hydrogen-bond donors (Lipinski definition) is 3. The second-order valence-electron chi connectivity index (χ2n) is 6.95. The maximum Gasteiger partial charge on any atom is 0.328 e. The Morgan fingerprint density at radius 2 is 1.53 bits per heavy atom. The minimum Gasteiger partial charge on any atom is -0.493 e. The van der Waals surface area contributed by atoms with E-state index < -0.39 is 11.9 Å². The van der Waals surface area contributed by atoms with Crippen LogP contribution in [0.2, 0.25) is 0 Å². The molecule has 0 atom stereocenters. The molecule has 7 nitrogen and oxygen atoms in total. The molecule has 0 aromatic heterocycles. The van der Waals surface area contributed by atoms with Crippen molar-refractivity contribution in [3.63, 3.8) is 0 Å². The highest BCUT2D eigenvalue weighted by Crippen LogP contribution is 2.23. The summed E-state index contributed by atoms with van der Waals surface area (Å²) in [5.74, 6) is -1.52. The van der Waals surface area contributed by atoms with Gasteiger partial charge in [0, 0.05) is 29.9 Å². The fourth-order valence-electron chi connectivity index (χ4n) is 2.76. The Morgan fingerprint density at radius 3 is 2.07 bits per heavy atom. The van der Waals surface area contributed by atoms with Crippen LogP contribution < -0.4 is 10.5 Å². The molecule has 0 amide bonds. The number of anilines is 1. The lowest BCUT2D eigenvalue weighted by Crippen LogP contribution is -2.22. The summed E-state index contributed by atoms with van der Waals surface area (Å²) in [6, 6.07) is 6.00. The van der Waals surface area contributed by atoms with Crippen LogP contribution in [-0.4, -0.2) is 46.7 Å². The average molecular weight is 423 g/mol. The van der Waals surface area contributed by atoms with Crippen LogP contribution in [-0.2, 0) is 16.1 Å². The van der Waals surface area contributed by atoms with E-state index in [1.54, 1.807) is 0 Å². The van der Waals surface area contributed by atoms with E-state index in [4.69, 9.17) is 20.7 Å². The number of aliphatic carboxylic acids is 2. The number of rotatable bonds is 14. The first kappa shape index (κ1) is 27.5. The molecule has 0 aliphatic rings. The van der Waals surface area contributed by atoms with Gasteiger partial charge in [-0.05, 0) is 37.7 Å². The van der Waals surface area contributed by atoms with Gasteiger partial charge in [0.15, 0.2) is 0 Å². The van der Waals surface area contributed by atoms with Gasteiger partial charge in [-0.1, -0.05) is 52.9 Å². The third kappa shape index (κ3) is 14.5.